The van der Waals surface area contributed by atoms with Crippen molar-refractivity contribution in [1.29, 1.82) is 5.26 Å². The first-order chi connectivity index (χ1) is 9.95. The molecule has 0 unspecified atom stereocenters. The van der Waals surface area contributed by atoms with E-state index < -0.39 is 33.7 Å². The second kappa shape index (κ2) is 5.83. The summed E-state index contributed by atoms with van der Waals surface area (Å²) in [6.07, 6.45) is 1.57. The van der Waals surface area contributed by atoms with E-state index in [4.69, 9.17) is 5.26 Å². The van der Waals surface area contributed by atoms with E-state index in [1.165, 1.54) is 4.90 Å². The monoisotopic (exact) mass is 295 g/mol. The Labute approximate surface area is 118 Å². The van der Waals surface area contributed by atoms with Crippen LogP contribution in [0.3, 0.4) is 0 Å². The van der Waals surface area contributed by atoms with Crippen molar-refractivity contribution in [3.63, 3.8) is 0 Å². The minimum absolute atomic E-state index is 0.0801. The average molecular weight is 295 g/mol. The normalized spacial score (nSPS) is 13.6. The number of benzene rings is 1. The highest BCUT2D eigenvalue weighted by molar-refractivity contribution is 5.95. The molecular formula is C13H11F2N3O3. The third-order valence-corrected chi connectivity index (χ3v) is 3.18. The van der Waals surface area contributed by atoms with Crippen LogP contribution in [-0.4, -0.2) is 28.3 Å². The quantitative estimate of drug-likeness (QED) is 0.616. The summed E-state index contributed by atoms with van der Waals surface area (Å²) in [6.45, 7) is 0.123. The predicted molar refractivity (Wildman–Crippen MR) is 67.3 cm³/mol. The molecule has 1 amide bonds. The third kappa shape index (κ3) is 3.13. The maximum absolute atomic E-state index is 13.8. The lowest BCUT2D eigenvalue weighted by atomic mass is 10.1. The molecule has 0 radical (unpaired) electrons. The smallest absolute Gasteiger partial charge is 0.307 e. The van der Waals surface area contributed by atoms with Gasteiger partial charge in [0.2, 0.25) is 5.82 Å². The fourth-order valence-electron chi connectivity index (χ4n) is 2.00. The molecule has 1 aromatic carbocycles. The van der Waals surface area contributed by atoms with E-state index in [1.54, 1.807) is 0 Å². The van der Waals surface area contributed by atoms with Crippen LogP contribution in [0, 0.1) is 33.1 Å². The van der Waals surface area contributed by atoms with Gasteiger partial charge in [-0.05, 0) is 18.9 Å². The Morgan fingerprint density at radius 3 is 2.62 bits per heavy atom. The van der Waals surface area contributed by atoms with E-state index in [9.17, 15) is 23.7 Å². The Hall–Kier alpha value is -2.56. The van der Waals surface area contributed by atoms with Gasteiger partial charge >= 0.3 is 5.69 Å². The van der Waals surface area contributed by atoms with Crippen LogP contribution in [0.15, 0.2) is 12.1 Å². The van der Waals surface area contributed by atoms with E-state index >= 15 is 0 Å². The van der Waals surface area contributed by atoms with E-state index in [2.05, 4.69) is 0 Å². The molecule has 0 saturated heterocycles. The van der Waals surface area contributed by atoms with Gasteiger partial charge in [-0.1, -0.05) is 0 Å². The Morgan fingerprint density at radius 2 is 2.10 bits per heavy atom. The lowest BCUT2D eigenvalue weighted by molar-refractivity contribution is -0.387. The summed E-state index contributed by atoms with van der Waals surface area (Å²) >= 11 is 0. The van der Waals surface area contributed by atoms with Crippen molar-refractivity contribution in [3.05, 3.63) is 39.4 Å². The molecule has 2 rings (SSSR count). The first-order valence-electron chi connectivity index (χ1n) is 6.27. The second-order valence-corrected chi connectivity index (χ2v) is 4.68. The highest BCUT2D eigenvalue weighted by Gasteiger charge is 2.34. The minimum Gasteiger partial charge on any atom is -0.335 e. The van der Waals surface area contributed by atoms with Gasteiger partial charge in [-0.3, -0.25) is 14.9 Å². The molecule has 0 N–H and O–H groups in total. The molecule has 21 heavy (non-hydrogen) atoms. The van der Waals surface area contributed by atoms with Crippen molar-refractivity contribution >= 4 is 11.6 Å². The number of hydrogen-bond donors (Lipinski definition) is 0. The Morgan fingerprint density at radius 1 is 1.43 bits per heavy atom. The first-order valence-corrected chi connectivity index (χ1v) is 6.27. The summed E-state index contributed by atoms with van der Waals surface area (Å²) in [7, 11) is 0. The maximum Gasteiger partial charge on any atom is 0.307 e. The van der Waals surface area contributed by atoms with Crippen LogP contribution in [0.5, 0.6) is 0 Å². The van der Waals surface area contributed by atoms with Crippen molar-refractivity contribution in [3.8, 4) is 6.07 Å². The van der Waals surface area contributed by atoms with Gasteiger partial charge in [0, 0.05) is 12.6 Å². The van der Waals surface area contributed by atoms with Gasteiger partial charge in [-0.25, -0.2) is 4.39 Å². The van der Waals surface area contributed by atoms with Crippen LogP contribution < -0.4 is 0 Å². The predicted octanol–water partition coefficient (Wildman–Crippen LogP) is 2.39. The van der Waals surface area contributed by atoms with E-state index in [1.807, 2.05) is 6.07 Å². The molecule has 0 heterocycles. The number of hydrogen-bond acceptors (Lipinski definition) is 4. The number of carbonyl (C=O) groups excluding carboxylic acids is 1. The fourth-order valence-corrected chi connectivity index (χ4v) is 2.00. The van der Waals surface area contributed by atoms with Gasteiger partial charge in [0.15, 0.2) is 0 Å². The zero-order valence-electron chi connectivity index (χ0n) is 10.9. The number of nitro benzene ring substituents is 1. The van der Waals surface area contributed by atoms with E-state index in [0.29, 0.717) is 12.1 Å². The lowest BCUT2D eigenvalue weighted by Gasteiger charge is -2.21. The molecule has 1 saturated carbocycles. The summed E-state index contributed by atoms with van der Waals surface area (Å²) in [5, 5.41) is 19.1. The van der Waals surface area contributed by atoms with E-state index in [-0.39, 0.29) is 19.0 Å². The summed E-state index contributed by atoms with van der Waals surface area (Å²) in [5.74, 6) is -3.16. The zero-order chi connectivity index (χ0) is 15.6. The summed E-state index contributed by atoms with van der Waals surface area (Å²) < 4.78 is 27.4. The molecule has 1 aromatic rings. The van der Waals surface area contributed by atoms with Crippen LogP contribution in [-0.2, 0) is 0 Å². The molecule has 0 aromatic heterocycles. The molecule has 110 valence electrons. The maximum atomic E-state index is 13.8. The SMILES string of the molecule is N#CCCN(C(=O)c1cc(F)c([N+](=O)[O-])cc1F)C1CC1. The van der Waals surface area contributed by atoms with Crippen LogP contribution in [0.2, 0.25) is 0 Å². The Balaban J connectivity index is 2.31. The number of nitrogens with zero attached hydrogens (tertiary/aromatic N) is 3. The van der Waals surface area contributed by atoms with Crippen molar-refractivity contribution in [2.75, 3.05) is 6.54 Å². The zero-order valence-corrected chi connectivity index (χ0v) is 10.9. The number of amides is 1. The molecular weight excluding hydrogens is 284 g/mol. The van der Waals surface area contributed by atoms with E-state index in [0.717, 1.165) is 12.8 Å². The van der Waals surface area contributed by atoms with Gasteiger partial charge in [0.25, 0.3) is 5.91 Å². The highest BCUT2D eigenvalue weighted by Crippen LogP contribution is 2.30. The van der Waals surface area contributed by atoms with Crippen molar-refractivity contribution in [2.24, 2.45) is 0 Å². The highest BCUT2D eigenvalue weighted by atomic mass is 19.1. The fraction of sp³-hybridized carbons (Fsp3) is 0.385. The van der Waals surface area contributed by atoms with Gasteiger partial charge in [-0.15, -0.1) is 0 Å². The topological polar surface area (TPSA) is 87.2 Å². The van der Waals surface area contributed by atoms with Gasteiger partial charge < -0.3 is 4.90 Å². The number of carbonyl (C=O) groups is 1. The largest absolute Gasteiger partial charge is 0.335 e. The number of nitro groups is 1. The second-order valence-electron chi connectivity index (χ2n) is 4.68. The first kappa shape index (κ1) is 14.8. The average Bonchev–Trinajstić information content (AvgIpc) is 3.25. The summed E-state index contributed by atoms with van der Waals surface area (Å²) in [4.78, 5) is 23.0. The molecule has 1 aliphatic rings. The molecule has 8 heteroatoms. The number of rotatable bonds is 5. The molecule has 0 bridgehead atoms. The Kier molecular flexibility index (Phi) is 4.12. The molecule has 0 spiro atoms. The van der Waals surface area contributed by atoms with Crippen LogP contribution >= 0.6 is 0 Å². The van der Waals surface area contributed by atoms with Gasteiger partial charge in [0.05, 0.1) is 29.0 Å². The van der Waals surface area contributed by atoms with Gasteiger partial charge in [-0.2, -0.15) is 9.65 Å². The van der Waals surface area contributed by atoms with Crippen LogP contribution in [0.1, 0.15) is 29.6 Å². The van der Waals surface area contributed by atoms with Gasteiger partial charge in [0.1, 0.15) is 5.82 Å². The van der Waals surface area contributed by atoms with Crippen molar-refractivity contribution in [2.45, 2.75) is 25.3 Å². The molecule has 0 atom stereocenters. The van der Waals surface area contributed by atoms with Crippen molar-refractivity contribution in [1.82, 2.24) is 4.90 Å². The van der Waals surface area contributed by atoms with Crippen molar-refractivity contribution < 1.29 is 18.5 Å². The Bertz CT molecular complexity index is 638. The number of halogens is 2. The molecule has 6 nitrogen and oxygen atoms in total. The molecule has 1 fully saturated rings. The molecule has 0 aliphatic heterocycles. The molecule has 1 aliphatic carbocycles. The summed E-state index contributed by atoms with van der Waals surface area (Å²) in [6, 6.07) is 2.75. The third-order valence-electron chi connectivity index (χ3n) is 3.18. The lowest BCUT2D eigenvalue weighted by Crippen LogP contribution is -2.34. The number of nitriles is 1. The summed E-state index contributed by atoms with van der Waals surface area (Å²) in [5.41, 5.74) is -1.57. The van der Waals surface area contributed by atoms with Crippen LogP contribution in [0.4, 0.5) is 14.5 Å². The minimum atomic E-state index is -1.26. The standard InChI is InChI=1S/C13H11F2N3O3/c14-10-7-12(18(20)21)11(15)6-9(10)13(19)17(5-1-4-16)8-2-3-8/h6-8H,1-3,5H2. The van der Waals surface area contributed by atoms with Crippen LogP contribution in [0.25, 0.3) is 0 Å².